The summed E-state index contributed by atoms with van der Waals surface area (Å²) in [7, 11) is 0. The van der Waals surface area contributed by atoms with E-state index in [2.05, 4.69) is 37.9 Å². The van der Waals surface area contributed by atoms with Gasteiger partial charge in [0.05, 0.1) is 5.02 Å². The van der Waals surface area contributed by atoms with Gasteiger partial charge in [-0.3, -0.25) is 4.79 Å². The van der Waals surface area contributed by atoms with E-state index in [1.807, 2.05) is 12.1 Å². The molecule has 0 unspecified atom stereocenters. The normalized spacial score (nSPS) is 11.5. The number of amides is 1. The minimum absolute atomic E-state index is 0.0389. The van der Waals surface area contributed by atoms with Gasteiger partial charge in [-0.1, -0.05) is 85.9 Å². The molecule has 0 aliphatic heterocycles. The van der Waals surface area contributed by atoms with Gasteiger partial charge in [-0.25, -0.2) is 9.37 Å². The summed E-state index contributed by atoms with van der Waals surface area (Å²) in [5.41, 5.74) is 3.34. The number of hydrogen-bond donors (Lipinski definition) is 0. The molecule has 3 aromatic rings. The van der Waals surface area contributed by atoms with E-state index in [9.17, 15) is 9.18 Å². The Bertz CT molecular complexity index is 1090. The molecule has 0 fully saturated rings. The number of hydrogen-bond acceptors (Lipinski definition) is 2. The predicted molar refractivity (Wildman–Crippen MR) is 129 cm³/mol. The first kappa shape index (κ1) is 24.5. The van der Waals surface area contributed by atoms with Crippen LogP contribution in [0.1, 0.15) is 47.8 Å². The minimum Gasteiger partial charge on any atom is -0.334 e. The molecule has 7 heteroatoms. The molecule has 1 amide bonds. The first-order valence-corrected chi connectivity index (χ1v) is 11.3. The number of benzene rings is 2. The largest absolute Gasteiger partial charge is 0.334 e. The Balaban J connectivity index is 1.85. The van der Waals surface area contributed by atoms with Gasteiger partial charge in [0.2, 0.25) is 0 Å². The van der Waals surface area contributed by atoms with Crippen molar-refractivity contribution in [3.8, 4) is 0 Å². The van der Waals surface area contributed by atoms with Gasteiger partial charge in [0.25, 0.3) is 5.91 Å². The molecule has 1 aromatic heterocycles. The summed E-state index contributed by atoms with van der Waals surface area (Å²) in [6.45, 7) is 7.22. The number of carbonyl (C=O) groups excluding carboxylic acids is 1. The lowest BCUT2D eigenvalue weighted by atomic mass is 9.87. The molecule has 0 aliphatic carbocycles. The van der Waals surface area contributed by atoms with Crippen LogP contribution in [0.2, 0.25) is 15.3 Å². The number of nitrogens with zero attached hydrogens (tertiary/aromatic N) is 2. The number of aromatic nitrogens is 1. The van der Waals surface area contributed by atoms with Crippen molar-refractivity contribution < 1.29 is 9.18 Å². The molecule has 0 N–H and O–H groups in total. The van der Waals surface area contributed by atoms with Crippen molar-refractivity contribution in [1.82, 2.24) is 9.88 Å². The fourth-order valence-electron chi connectivity index (χ4n) is 3.31. The van der Waals surface area contributed by atoms with Crippen LogP contribution < -0.4 is 0 Å². The Kier molecular flexibility index (Phi) is 7.81. The molecule has 0 spiro atoms. The molecule has 0 bridgehead atoms. The first-order chi connectivity index (χ1) is 15.0. The topological polar surface area (TPSA) is 33.2 Å². The highest BCUT2D eigenvalue weighted by atomic mass is 35.5. The van der Waals surface area contributed by atoms with Gasteiger partial charge < -0.3 is 4.90 Å². The zero-order valence-electron chi connectivity index (χ0n) is 18.1. The van der Waals surface area contributed by atoms with Crippen LogP contribution in [0.3, 0.4) is 0 Å². The molecule has 0 saturated heterocycles. The van der Waals surface area contributed by atoms with E-state index in [1.165, 1.54) is 29.8 Å². The van der Waals surface area contributed by atoms with Crippen LogP contribution in [0.4, 0.5) is 4.39 Å². The molecule has 0 atom stereocenters. The van der Waals surface area contributed by atoms with E-state index in [-0.39, 0.29) is 26.7 Å². The fraction of sp³-hybridized carbons (Fsp3) is 0.280. The summed E-state index contributed by atoms with van der Waals surface area (Å²) in [4.78, 5) is 18.9. The van der Waals surface area contributed by atoms with Crippen LogP contribution in [0.15, 0.2) is 54.6 Å². The highest BCUT2D eigenvalue weighted by molar-refractivity contribution is 6.33. The molecular weight excluding hydrogens is 470 g/mol. The van der Waals surface area contributed by atoms with Crippen molar-refractivity contribution in [2.24, 2.45) is 0 Å². The van der Waals surface area contributed by atoms with Crippen LogP contribution in [0, 0.1) is 5.82 Å². The third-order valence-electron chi connectivity index (χ3n) is 5.14. The lowest BCUT2D eigenvalue weighted by molar-refractivity contribution is 0.0745. The third kappa shape index (κ3) is 6.44. The maximum Gasteiger partial charge on any atom is 0.254 e. The lowest BCUT2D eigenvalue weighted by Gasteiger charge is -2.24. The highest BCUT2D eigenvalue weighted by Crippen LogP contribution is 2.24. The van der Waals surface area contributed by atoms with Crippen LogP contribution in [0.25, 0.3) is 0 Å². The monoisotopic (exact) mass is 492 g/mol. The second-order valence-corrected chi connectivity index (χ2v) is 9.86. The molecule has 0 aliphatic rings. The Morgan fingerprint density at radius 3 is 2.09 bits per heavy atom. The van der Waals surface area contributed by atoms with Crippen molar-refractivity contribution in [1.29, 1.82) is 0 Å². The second kappa shape index (κ2) is 10.2. The average molecular weight is 494 g/mol. The van der Waals surface area contributed by atoms with Crippen LogP contribution >= 0.6 is 34.8 Å². The zero-order chi connectivity index (χ0) is 23.5. The third-order valence-corrected chi connectivity index (χ3v) is 5.84. The van der Waals surface area contributed by atoms with Crippen LogP contribution in [-0.2, 0) is 18.4 Å². The van der Waals surface area contributed by atoms with E-state index in [0.717, 1.165) is 11.1 Å². The predicted octanol–water partition coefficient (Wildman–Crippen LogP) is 7.36. The maximum absolute atomic E-state index is 13.8. The summed E-state index contributed by atoms with van der Waals surface area (Å²) in [6, 6.07) is 15.9. The Labute approximate surface area is 203 Å². The summed E-state index contributed by atoms with van der Waals surface area (Å²) in [6.07, 6.45) is 0.465. The van der Waals surface area contributed by atoms with E-state index in [1.54, 1.807) is 11.0 Å². The number of halogens is 4. The smallest absolute Gasteiger partial charge is 0.254 e. The van der Waals surface area contributed by atoms with E-state index in [4.69, 9.17) is 34.8 Å². The standard InChI is InChI=1S/C25H24Cl3FN2O/c1-25(2,3)19-7-4-17(5-8-19)15-31(11-10-16-6-9-20(26)21(29)12-16)24(32)18-13-22(27)30-23(28)14-18/h4-9,12-14H,10-11,15H2,1-3H3. The Morgan fingerprint density at radius 1 is 0.938 bits per heavy atom. The Hall–Kier alpha value is -2.14. The molecule has 2 aromatic carbocycles. The number of carbonyl (C=O) groups is 1. The van der Waals surface area contributed by atoms with Crippen molar-refractivity contribution in [2.45, 2.75) is 39.2 Å². The SMILES string of the molecule is CC(C)(C)c1ccc(CN(CCc2ccc(Cl)c(F)c2)C(=O)c2cc(Cl)nc(Cl)c2)cc1. The molecule has 168 valence electrons. The number of pyridine rings is 1. The quantitative estimate of drug-likeness (QED) is 0.336. The number of rotatable bonds is 6. The van der Waals surface area contributed by atoms with Gasteiger partial charge in [0.15, 0.2) is 0 Å². The summed E-state index contributed by atoms with van der Waals surface area (Å²) < 4.78 is 13.8. The summed E-state index contributed by atoms with van der Waals surface area (Å²) in [5, 5.41) is 0.367. The van der Waals surface area contributed by atoms with E-state index >= 15 is 0 Å². The molecule has 0 radical (unpaired) electrons. The van der Waals surface area contributed by atoms with Crippen molar-refractivity contribution in [2.75, 3.05) is 6.54 Å². The van der Waals surface area contributed by atoms with E-state index < -0.39 is 5.82 Å². The maximum atomic E-state index is 13.8. The molecule has 1 heterocycles. The van der Waals surface area contributed by atoms with Gasteiger partial charge in [-0.2, -0.15) is 0 Å². The zero-order valence-corrected chi connectivity index (χ0v) is 20.4. The van der Waals surface area contributed by atoms with E-state index in [0.29, 0.717) is 25.1 Å². The van der Waals surface area contributed by atoms with Gasteiger partial charge in [0, 0.05) is 18.7 Å². The second-order valence-electron chi connectivity index (χ2n) is 8.67. The van der Waals surface area contributed by atoms with Gasteiger partial charge >= 0.3 is 0 Å². The fourth-order valence-corrected chi connectivity index (χ4v) is 3.89. The first-order valence-electron chi connectivity index (χ1n) is 10.2. The lowest BCUT2D eigenvalue weighted by Crippen LogP contribution is -2.32. The average Bonchev–Trinajstić information content (AvgIpc) is 2.72. The van der Waals surface area contributed by atoms with Crippen molar-refractivity contribution >= 4 is 40.7 Å². The van der Waals surface area contributed by atoms with Crippen LogP contribution in [0.5, 0.6) is 0 Å². The molecular formula is C25H24Cl3FN2O. The highest BCUT2D eigenvalue weighted by Gasteiger charge is 2.19. The summed E-state index contributed by atoms with van der Waals surface area (Å²) >= 11 is 17.8. The van der Waals surface area contributed by atoms with Crippen molar-refractivity contribution in [3.63, 3.8) is 0 Å². The van der Waals surface area contributed by atoms with Crippen LogP contribution in [-0.4, -0.2) is 22.3 Å². The molecule has 3 rings (SSSR count). The van der Waals surface area contributed by atoms with Gasteiger partial charge in [-0.15, -0.1) is 0 Å². The molecule has 0 saturated carbocycles. The van der Waals surface area contributed by atoms with Gasteiger partial charge in [-0.05, 0) is 52.8 Å². The van der Waals surface area contributed by atoms with Crippen molar-refractivity contribution in [3.05, 3.63) is 98.0 Å². The minimum atomic E-state index is -0.479. The molecule has 3 nitrogen and oxygen atoms in total. The van der Waals surface area contributed by atoms with Gasteiger partial charge in [0.1, 0.15) is 16.1 Å². The molecule has 32 heavy (non-hydrogen) atoms. The summed E-state index contributed by atoms with van der Waals surface area (Å²) in [5.74, 6) is -0.710. The Morgan fingerprint density at radius 2 is 1.53 bits per heavy atom.